The number of rotatable bonds is 3. The van der Waals surface area contributed by atoms with Crippen molar-refractivity contribution >= 4 is 17.1 Å². The lowest BCUT2D eigenvalue weighted by atomic mass is 10.1. The number of hydrogen-bond donors (Lipinski definition) is 2. The minimum absolute atomic E-state index is 0.237. The van der Waals surface area contributed by atoms with E-state index in [1.54, 1.807) is 13.0 Å². The van der Waals surface area contributed by atoms with Crippen LogP contribution in [0.2, 0.25) is 0 Å². The Hall–Kier alpha value is -1.88. The summed E-state index contributed by atoms with van der Waals surface area (Å²) in [5.41, 5.74) is 7.61. The first kappa shape index (κ1) is 10.6. The maximum absolute atomic E-state index is 10.7. The van der Waals surface area contributed by atoms with Crippen molar-refractivity contribution in [2.24, 2.45) is 5.73 Å². The van der Waals surface area contributed by atoms with Crippen LogP contribution in [0.3, 0.4) is 0 Å². The van der Waals surface area contributed by atoms with Gasteiger partial charge in [0.15, 0.2) is 11.5 Å². The van der Waals surface area contributed by atoms with E-state index in [9.17, 15) is 4.79 Å². The van der Waals surface area contributed by atoms with Gasteiger partial charge in [-0.05, 0) is 11.6 Å². The molecule has 0 fully saturated rings. The molecule has 0 amide bonds. The average Bonchev–Trinajstić information content (AvgIpc) is 2.59. The van der Waals surface area contributed by atoms with Gasteiger partial charge < -0.3 is 15.3 Å². The lowest BCUT2D eigenvalue weighted by Gasteiger charge is -2.05. The molecule has 1 unspecified atom stereocenters. The average molecular weight is 220 g/mol. The second-order valence-electron chi connectivity index (χ2n) is 3.65. The smallest absolute Gasteiger partial charge is 0.320 e. The van der Waals surface area contributed by atoms with Crippen LogP contribution in [0.25, 0.3) is 11.1 Å². The molecule has 1 aromatic carbocycles. The molecular weight excluding hydrogens is 208 g/mol. The predicted octanol–water partition coefficient (Wildman–Crippen LogP) is 1.09. The topological polar surface area (TPSA) is 89.3 Å². The molecule has 5 heteroatoms. The standard InChI is InChI=1S/C11H12N2O3/c1-6-13-9-4-2-3-7(10(9)16-6)5-8(12)11(14)15/h2-4,8H,5,12H2,1H3,(H,14,15). The molecule has 0 spiro atoms. The van der Waals surface area contributed by atoms with E-state index in [1.165, 1.54) is 0 Å². The van der Waals surface area contributed by atoms with E-state index < -0.39 is 12.0 Å². The van der Waals surface area contributed by atoms with Gasteiger partial charge in [-0.1, -0.05) is 12.1 Å². The quantitative estimate of drug-likeness (QED) is 0.808. The molecule has 16 heavy (non-hydrogen) atoms. The third kappa shape index (κ3) is 1.90. The number of aryl methyl sites for hydroxylation is 1. The first-order chi connectivity index (χ1) is 7.58. The fourth-order valence-corrected chi connectivity index (χ4v) is 1.60. The lowest BCUT2D eigenvalue weighted by molar-refractivity contribution is -0.138. The van der Waals surface area contributed by atoms with Gasteiger partial charge in [0, 0.05) is 13.3 Å². The van der Waals surface area contributed by atoms with Crippen LogP contribution in [0.4, 0.5) is 0 Å². The molecule has 0 aliphatic carbocycles. The lowest BCUT2D eigenvalue weighted by Crippen LogP contribution is -2.32. The molecular formula is C11H12N2O3. The normalized spacial score (nSPS) is 12.9. The predicted molar refractivity (Wildman–Crippen MR) is 58.1 cm³/mol. The Balaban J connectivity index is 2.40. The number of carboxylic acids is 1. The fourth-order valence-electron chi connectivity index (χ4n) is 1.60. The number of benzene rings is 1. The summed E-state index contributed by atoms with van der Waals surface area (Å²) < 4.78 is 5.42. The summed E-state index contributed by atoms with van der Waals surface area (Å²) in [6, 6.07) is 4.52. The number of carbonyl (C=O) groups is 1. The second-order valence-corrected chi connectivity index (χ2v) is 3.65. The number of fused-ring (bicyclic) bond motifs is 1. The zero-order valence-corrected chi connectivity index (χ0v) is 8.80. The second kappa shape index (κ2) is 3.94. The molecule has 2 aromatic rings. The number of aliphatic carboxylic acids is 1. The molecule has 84 valence electrons. The van der Waals surface area contributed by atoms with Crippen LogP contribution in [-0.4, -0.2) is 22.1 Å². The minimum Gasteiger partial charge on any atom is -0.480 e. The molecule has 0 radical (unpaired) electrons. The van der Waals surface area contributed by atoms with Crippen LogP contribution >= 0.6 is 0 Å². The van der Waals surface area contributed by atoms with Crippen LogP contribution < -0.4 is 5.73 Å². The van der Waals surface area contributed by atoms with Crippen LogP contribution in [0.5, 0.6) is 0 Å². The molecule has 1 atom stereocenters. The summed E-state index contributed by atoms with van der Waals surface area (Å²) in [5.74, 6) is -0.459. The maximum atomic E-state index is 10.7. The first-order valence-electron chi connectivity index (χ1n) is 4.91. The van der Waals surface area contributed by atoms with E-state index in [-0.39, 0.29) is 6.42 Å². The molecule has 0 aliphatic rings. The summed E-state index contributed by atoms with van der Waals surface area (Å²) in [5, 5.41) is 8.75. The van der Waals surface area contributed by atoms with Gasteiger partial charge >= 0.3 is 5.97 Å². The zero-order chi connectivity index (χ0) is 11.7. The Labute approximate surface area is 91.9 Å². The highest BCUT2D eigenvalue weighted by Crippen LogP contribution is 2.20. The van der Waals surface area contributed by atoms with Crippen molar-refractivity contribution in [2.75, 3.05) is 0 Å². The van der Waals surface area contributed by atoms with Crippen LogP contribution in [0.15, 0.2) is 22.6 Å². The van der Waals surface area contributed by atoms with Crippen LogP contribution in [0.1, 0.15) is 11.5 Å². The van der Waals surface area contributed by atoms with Crippen molar-refractivity contribution in [3.05, 3.63) is 29.7 Å². The number of carboxylic acid groups (broad SMARTS) is 1. The first-order valence-corrected chi connectivity index (χ1v) is 4.91. The molecule has 5 nitrogen and oxygen atoms in total. The summed E-state index contributed by atoms with van der Waals surface area (Å²) in [6.45, 7) is 1.75. The number of nitrogens with two attached hydrogens (primary N) is 1. The molecule has 1 heterocycles. The third-order valence-electron chi connectivity index (χ3n) is 2.36. The van der Waals surface area contributed by atoms with Gasteiger partial charge in [-0.3, -0.25) is 4.79 Å². The summed E-state index contributed by atoms with van der Waals surface area (Å²) in [6.07, 6.45) is 0.237. The number of para-hydroxylation sites is 1. The van der Waals surface area contributed by atoms with E-state index in [0.29, 0.717) is 11.5 Å². The van der Waals surface area contributed by atoms with Crippen molar-refractivity contribution in [3.8, 4) is 0 Å². The van der Waals surface area contributed by atoms with Gasteiger partial charge in [0.1, 0.15) is 11.6 Å². The Bertz CT molecular complexity index is 533. The number of oxazole rings is 1. The molecule has 3 N–H and O–H groups in total. The molecule has 0 aliphatic heterocycles. The zero-order valence-electron chi connectivity index (χ0n) is 8.80. The van der Waals surface area contributed by atoms with E-state index in [4.69, 9.17) is 15.3 Å². The largest absolute Gasteiger partial charge is 0.480 e. The summed E-state index contributed by atoms with van der Waals surface area (Å²) in [4.78, 5) is 14.8. The van der Waals surface area contributed by atoms with Crippen molar-refractivity contribution in [1.82, 2.24) is 4.98 Å². The highest BCUT2D eigenvalue weighted by molar-refractivity contribution is 5.79. The van der Waals surface area contributed by atoms with Gasteiger partial charge in [-0.25, -0.2) is 4.98 Å². The van der Waals surface area contributed by atoms with E-state index >= 15 is 0 Å². The van der Waals surface area contributed by atoms with Gasteiger partial charge in [-0.2, -0.15) is 0 Å². The fraction of sp³-hybridized carbons (Fsp3) is 0.273. The third-order valence-corrected chi connectivity index (χ3v) is 2.36. The Morgan fingerprint density at radius 3 is 3.06 bits per heavy atom. The van der Waals surface area contributed by atoms with Gasteiger partial charge in [-0.15, -0.1) is 0 Å². The van der Waals surface area contributed by atoms with Crippen molar-refractivity contribution < 1.29 is 14.3 Å². The molecule has 0 saturated carbocycles. The Morgan fingerprint density at radius 1 is 1.62 bits per heavy atom. The van der Waals surface area contributed by atoms with E-state index in [0.717, 1.165) is 11.1 Å². The highest BCUT2D eigenvalue weighted by atomic mass is 16.4. The van der Waals surface area contributed by atoms with Gasteiger partial charge in [0.25, 0.3) is 0 Å². The van der Waals surface area contributed by atoms with Gasteiger partial charge in [0.2, 0.25) is 0 Å². The Morgan fingerprint density at radius 2 is 2.38 bits per heavy atom. The van der Waals surface area contributed by atoms with Crippen molar-refractivity contribution in [1.29, 1.82) is 0 Å². The van der Waals surface area contributed by atoms with Crippen LogP contribution in [0, 0.1) is 6.92 Å². The van der Waals surface area contributed by atoms with E-state index in [2.05, 4.69) is 4.98 Å². The number of aromatic nitrogens is 1. The van der Waals surface area contributed by atoms with Gasteiger partial charge in [0.05, 0.1) is 0 Å². The number of nitrogens with zero attached hydrogens (tertiary/aromatic N) is 1. The van der Waals surface area contributed by atoms with E-state index in [1.807, 2.05) is 12.1 Å². The van der Waals surface area contributed by atoms with Crippen molar-refractivity contribution in [3.63, 3.8) is 0 Å². The van der Waals surface area contributed by atoms with Crippen molar-refractivity contribution in [2.45, 2.75) is 19.4 Å². The number of hydrogen-bond acceptors (Lipinski definition) is 4. The maximum Gasteiger partial charge on any atom is 0.320 e. The Kier molecular flexibility index (Phi) is 2.62. The van der Waals surface area contributed by atoms with Crippen LogP contribution in [-0.2, 0) is 11.2 Å². The minimum atomic E-state index is -1.02. The SMILES string of the molecule is Cc1nc2cccc(CC(N)C(=O)O)c2o1. The molecule has 0 bridgehead atoms. The summed E-state index contributed by atoms with van der Waals surface area (Å²) >= 11 is 0. The monoisotopic (exact) mass is 220 g/mol. The molecule has 2 rings (SSSR count). The highest BCUT2D eigenvalue weighted by Gasteiger charge is 2.15. The molecule has 0 saturated heterocycles. The molecule has 1 aromatic heterocycles. The summed E-state index contributed by atoms with van der Waals surface area (Å²) in [7, 11) is 0.